The van der Waals surface area contributed by atoms with Crippen molar-refractivity contribution in [1.82, 2.24) is 9.88 Å². The molecule has 7 heteroatoms. The molecule has 2 amide bonds. The largest absolute Gasteiger partial charge is 0.481 e. The molecule has 114 valence electrons. The summed E-state index contributed by atoms with van der Waals surface area (Å²) in [5.74, 6) is -1.33. The van der Waals surface area contributed by atoms with Crippen LogP contribution in [-0.4, -0.2) is 40.1 Å². The zero-order valence-electron chi connectivity index (χ0n) is 11.6. The van der Waals surface area contributed by atoms with E-state index >= 15 is 0 Å². The van der Waals surface area contributed by atoms with Gasteiger partial charge in [0.1, 0.15) is 0 Å². The van der Waals surface area contributed by atoms with Crippen LogP contribution in [0, 0.1) is 5.92 Å². The lowest BCUT2D eigenvalue weighted by atomic mass is 10.1. The summed E-state index contributed by atoms with van der Waals surface area (Å²) >= 11 is 3.37. The minimum Gasteiger partial charge on any atom is -0.481 e. The van der Waals surface area contributed by atoms with Crippen LogP contribution in [0.25, 0.3) is 10.9 Å². The highest BCUT2D eigenvalue weighted by molar-refractivity contribution is 9.10. The van der Waals surface area contributed by atoms with Gasteiger partial charge in [0.2, 0.25) is 0 Å². The Labute approximate surface area is 135 Å². The zero-order chi connectivity index (χ0) is 15.7. The Balaban J connectivity index is 1.79. The number of benzene rings is 1. The number of likely N-dealkylation sites (tertiary alicyclic amines) is 1. The number of aliphatic carboxylic acids is 1. The number of hydrogen-bond acceptors (Lipinski definition) is 3. The molecular weight excluding hydrogens is 350 g/mol. The van der Waals surface area contributed by atoms with Crippen molar-refractivity contribution < 1.29 is 14.7 Å². The van der Waals surface area contributed by atoms with Gasteiger partial charge in [0, 0.05) is 29.1 Å². The van der Waals surface area contributed by atoms with Gasteiger partial charge >= 0.3 is 12.0 Å². The summed E-state index contributed by atoms with van der Waals surface area (Å²) in [7, 11) is 0. The Morgan fingerprint density at radius 1 is 1.41 bits per heavy atom. The molecule has 1 atom stereocenters. The third-order valence-corrected chi connectivity index (χ3v) is 4.18. The zero-order valence-corrected chi connectivity index (χ0v) is 13.2. The highest BCUT2D eigenvalue weighted by atomic mass is 79.9. The highest BCUT2D eigenvalue weighted by Crippen LogP contribution is 2.25. The van der Waals surface area contributed by atoms with Gasteiger partial charge in [-0.15, -0.1) is 0 Å². The first kappa shape index (κ1) is 14.8. The summed E-state index contributed by atoms with van der Waals surface area (Å²) in [5, 5.41) is 12.7. The van der Waals surface area contributed by atoms with E-state index in [1.54, 1.807) is 12.3 Å². The number of halogens is 1. The molecule has 2 heterocycles. The smallest absolute Gasteiger partial charge is 0.321 e. The van der Waals surface area contributed by atoms with Crippen LogP contribution >= 0.6 is 15.9 Å². The molecule has 6 nitrogen and oxygen atoms in total. The number of para-hydroxylation sites is 1. The molecule has 1 fully saturated rings. The van der Waals surface area contributed by atoms with E-state index in [1.807, 2.05) is 18.2 Å². The number of fused-ring (bicyclic) bond motifs is 1. The maximum absolute atomic E-state index is 12.3. The lowest BCUT2D eigenvalue weighted by molar-refractivity contribution is -0.141. The van der Waals surface area contributed by atoms with Gasteiger partial charge in [0.15, 0.2) is 0 Å². The van der Waals surface area contributed by atoms with Crippen molar-refractivity contribution in [3.05, 3.63) is 34.9 Å². The maximum atomic E-state index is 12.3. The summed E-state index contributed by atoms with van der Waals surface area (Å²) < 4.78 is 0.868. The summed E-state index contributed by atoms with van der Waals surface area (Å²) in [6, 6.07) is 7.18. The van der Waals surface area contributed by atoms with Gasteiger partial charge in [-0.2, -0.15) is 0 Å². The number of carbonyl (C=O) groups is 2. The Morgan fingerprint density at radius 2 is 2.23 bits per heavy atom. The molecule has 1 aliphatic rings. The minimum absolute atomic E-state index is 0.241. The Hall–Kier alpha value is -2.15. The summed E-state index contributed by atoms with van der Waals surface area (Å²) in [6.07, 6.45) is 2.16. The molecule has 0 spiro atoms. The van der Waals surface area contributed by atoms with E-state index in [1.165, 1.54) is 4.90 Å². The van der Waals surface area contributed by atoms with Gasteiger partial charge in [0.25, 0.3) is 0 Å². The number of nitrogens with one attached hydrogen (secondary N) is 1. The molecule has 0 bridgehead atoms. The van der Waals surface area contributed by atoms with Crippen LogP contribution in [0.1, 0.15) is 6.42 Å². The number of rotatable bonds is 2. The van der Waals surface area contributed by atoms with E-state index in [0.717, 1.165) is 9.86 Å². The number of carboxylic acids is 1. The van der Waals surface area contributed by atoms with Crippen molar-refractivity contribution >= 4 is 44.5 Å². The molecule has 0 saturated carbocycles. The van der Waals surface area contributed by atoms with Gasteiger partial charge in [-0.25, -0.2) is 4.79 Å². The number of carboxylic acid groups (broad SMARTS) is 1. The summed E-state index contributed by atoms with van der Waals surface area (Å²) in [6.45, 7) is 0.692. The summed E-state index contributed by atoms with van der Waals surface area (Å²) in [4.78, 5) is 29.1. The lowest BCUT2D eigenvalue weighted by Crippen LogP contribution is -2.33. The number of pyridine rings is 1. The normalized spacial score (nSPS) is 17.7. The molecule has 1 aromatic carbocycles. The van der Waals surface area contributed by atoms with Gasteiger partial charge in [0.05, 0.1) is 17.1 Å². The molecule has 0 radical (unpaired) electrons. The minimum atomic E-state index is -0.855. The SMILES string of the molecule is O=C(O)C1CCN(C(=O)Nc2cccc3cc(Br)cnc23)C1. The topological polar surface area (TPSA) is 82.5 Å². The predicted molar refractivity (Wildman–Crippen MR) is 85.8 cm³/mol. The van der Waals surface area contributed by atoms with E-state index in [-0.39, 0.29) is 12.6 Å². The van der Waals surface area contributed by atoms with E-state index in [9.17, 15) is 9.59 Å². The summed E-state index contributed by atoms with van der Waals surface area (Å²) in [5.41, 5.74) is 1.32. The highest BCUT2D eigenvalue weighted by Gasteiger charge is 2.30. The van der Waals surface area contributed by atoms with Crippen molar-refractivity contribution in [3.8, 4) is 0 Å². The average molecular weight is 364 g/mol. The second-order valence-electron chi connectivity index (χ2n) is 5.23. The van der Waals surface area contributed by atoms with Gasteiger partial charge in [-0.1, -0.05) is 12.1 Å². The van der Waals surface area contributed by atoms with Crippen molar-refractivity contribution in [2.45, 2.75) is 6.42 Å². The number of carbonyl (C=O) groups excluding carboxylic acids is 1. The number of hydrogen-bond donors (Lipinski definition) is 2. The van der Waals surface area contributed by atoms with E-state index in [2.05, 4.69) is 26.2 Å². The second-order valence-corrected chi connectivity index (χ2v) is 6.15. The molecular formula is C15H14BrN3O3. The van der Waals surface area contributed by atoms with Crippen LogP contribution < -0.4 is 5.32 Å². The van der Waals surface area contributed by atoms with Crippen LogP contribution in [0.4, 0.5) is 10.5 Å². The number of aromatic nitrogens is 1. The monoisotopic (exact) mass is 363 g/mol. The fraction of sp³-hybridized carbons (Fsp3) is 0.267. The quantitative estimate of drug-likeness (QED) is 0.859. The molecule has 2 N–H and O–H groups in total. The molecule has 2 aromatic rings. The van der Waals surface area contributed by atoms with Gasteiger partial charge in [-0.05, 0) is 34.5 Å². The van der Waals surface area contributed by atoms with Crippen molar-refractivity contribution in [2.75, 3.05) is 18.4 Å². The van der Waals surface area contributed by atoms with Gasteiger partial charge < -0.3 is 15.3 Å². The van der Waals surface area contributed by atoms with Crippen molar-refractivity contribution in [1.29, 1.82) is 0 Å². The number of amides is 2. The van der Waals surface area contributed by atoms with Crippen LogP contribution in [0.5, 0.6) is 0 Å². The first-order valence-electron chi connectivity index (χ1n) is 6.87. The van der Waals surface area contributed by atoms with Crippen molar-refractivity contribution in [2.24, 2.45) is 5.92 Å². The number of nitrogens with zero attached hydrogens (tertiary/aromatic N) is 2. The maximum Gasteiger partial charge on any atom is 0.321 e. The Bertz CT molecular complexity index is 750. The van der Waals surface area contributed by atoms with Crippen LogP contribution in [0.3, 0.4) is 0 Å². The van der Waals surface area contributed by atoms with E-state index in [4.69, 9.17) is 5.11 Å². The number of anilines is 1. The van der Waals surface area contributed by atoms with Crippen LogP contribution in [0.2, 0.25) is 0 Å². The molecule has 3 rings (SSSR count). The first-order valence-corrected chi connectivity index (χ1v) is 7.67. The first-order chi connectivity index (χ1) is 10.5. The lowest BCUT2D eigenvalue weighted by Gasteiger charge is -2.17. The third kappa shape index (κ3) is 2.89. The fourth-order valence-corrected chi connectivity index (χ4v) is 2.92. The fourth-order valence-electron chi connectivity index (χ4n) is 2.58. The molecule has 1 saturated heterocycles. The molecule has 1 unspecified atom stereocenters. The Morgan fingerprint density at radius 3 is 2.95 bits per heavy atom. The number of urea groups is 1. The second kappa shape index (κ2) is 5.92. The molecule has 1 aliphatic heterocycles. The predicted octanol–water partition coefficient (Wildman–Crippen LogP) is 2.94. The van der Waals surface area contributed by atoms with Crippen LogP contribution in [-0.2, 0) is 4.79 Å². The van der Waals surface area contributed by atoms with E-state index < -0.39 is 11.9 Å². The molecule has 22 heavy (non-hydrogen) atoms. The Kier molecular flexibility index (Phi) is 3.98. The standard InChI is InChI=1S/C15H14BrN3O3/c16-11-6-9-2-1-3-12(13(9)17-7-11)18-15(22)19-5-4-10(8-19)14(20)21/h1-3,6-7,10H,4-5,8H2,(H,18,22)(H,20,21). The average Bonchev–Trinajstić information content (AvgIpc) is 2.97. The third-order valence-electron chi connectivity index (χ3n) is 3.74. The molecule has 0 aliphatic carbocycles. The van der Waals surface area contributed by atoms with Crippen molar-refractivity contribution in [3.63, 3.8) is 0 Å². The van der Waals surface area contributed by atoms with Crippen LogP contribution in [0.15, 0.2) is 34.9 Å². The van der Waals surface area contributed by atoms with Gasteiger partial charge in [-0.3, -0.25) is 9.78 Å². The van der Waals surface area contributed by atoms with E-state index in [0.29, 0.717) is 24.2 Å². The molecule has 1 aromatic heterocycles.